The van der Waals surface area contributed by atoms with Gasteiger partial charge in [-0.1, -0.05) is 0 Å². The van der Waals surface area contributed by atoms with Crippen LogP contribution in [0.4, 0.5) is 0 Å². The average Bonchev–Trinajstić information content (AvgIpc) is 1.61. The summed E-state index contributed by atoms with van der Waals surface area (Å²) in [6.07, 6.45) is -0.593. The lowest BCUT2D eigenvalue weighted by Crippen LogP contribution is -2.00. The molecule has 0 aromatic rings. The highest BCUT2D eigenvalue weighted by atomic mass is 16.5. The minimum atomic E-state index is -1.08. The molecule has 0 aliphatic rings. The van der Waals surface area contributed by atoms with Crippen LogP contribution in [0, 0.1) is 0 Å². The lowest BCUT2D eigenvalue weighted by atomic mass is 10.6. The Morgan fingerprint density at radius 1 is 1.00 bits per heavy atom. The number of carboxylic acid groups (broad SMARTS) is 2. The molecule has 0 aliphatic carbocycles. The Balaban J connectivity index is 3.18. The van der Waals surface area contributed by atoms with Crippen LogP contribution in [0.2, 0.25) is 0 Å². The molecule has 4 heteroatoms. The zero-order chi connectivity index (χ0) is 6.57. The zero-order valence-corrected chi connectivity index (χ0v) is 4.13. The number of rotatable bonds is 3. The number of carbonyl (C=O) groups is 2. The maximum atomic E-state index is 9.64. The highest BCUT2D eigenvalue weighted by Gasteiger charge is 2.00. The van der Waals surface area contributed by atoms with Crippen molar-refractivity contribution in [2.75, 3.05) is 0 Å². The van der Waals surface area contributed by atoms with Crippen molar-refractivity contribution in [1.82, 2.24) is 0 Å². The van der Waals surface area contributed by atoms with Crippen LogP contribution in [0.15, 0.2) is 0 Å². The first-order valence-electron chi connectivity index (χ1n) is 2.06. The summed E-state index contributed by atoms with van der Waals surface area (Å²) in [6, 6.07) is 0. The van der Waals surface area contributed by atoms with Crippen LogP contribution in [0.1, 0.15) is 12.8 Å². The third-order valence-corrected chi connectivity index (χ3v) is 0.553. The second-order valence-electron chi connectivity index (χ2n) is 1.29. The van der Waals surface area contributed by atoms with Crippen LogP contribution < -0.4 is 0 Å². The average molecular weight is 120 g/mol. The van der Waals surface area contributed by atoms with E-state index >= 15 is 0 Å². The fourth-order valence-electron chi connectivity index (χ4n) is 0.214. The summed E-state index contributed by atoms with van der Waals surface area (Å²) in [5.74, 6) is -2.15. The first kappa shape index (κ1) is 6.94. The van der Waals surface area contributed by atoms with Crippen molar-refractivity contribution in [1.29, 1.82) is 0 Å². The molecule has 0 rings (SSSR count). The van der Waals surface area contributed by atoms with Crippen molar-refractivity contribution < 1.29 is 19.8 Å². The molecule has 0 aromatic heterocycles. The lowest BCUT2D eigenvalue weighted by molar-refractivity contribution is -0.143. The molecule has 2 N–H and O–H groups in total. The monoisotopic (exact) mass is 120 g/mol. The maximum absolute atomic E-state index is 9.64. The molecule has 0 atom stereocenters. The minimum Gasteiger partial charge on any atom is -0.481 e. The van der Waals surface area contributed by atoms with Crippen LogP contribution in [0.5, 0.6) is 0 Å². The third-order valence-electron chi connectivity index (χ3n) is 0.553. The summed E-state index contributed by atoms with van der Waals surface area (Å²) >= 11 is 0. The molecule has 0 unspecified atom stereocenters. The summed E-state index contributed by atoms with van der Waals surface area (Å²) in [5.41, 5.74) is 0. The van der Waals surface area contributed by atoms with Gasteiger partial charge in [0.05, 0.1) is 12.8 Å². The Labute approximate surface area is 45.7 Å². The van der Waals surface area contributed by atoms with E-state index in [9.17, 15) is 9.59 Å². The first-order valence-corrected chi connectivity index (χ1v) is 2.06. The van der Waals surface area contributed by atoms with E-state index in [1.165, 1.54) is 0 Å². The van der Waals surface area contributed by atoms with Gasteiger partial charge in [0.25, 0.3) is 0 Å². The SMILES string of the molecule is O=C(O)C[13CH2][13C](=O)O. The van der Waals surface area contributed by atoms with Gasteiger partial charge in [0.1, 0.15) is 0 Å². The maximum Gasteiger partial charge on any atom is 0.303 e. The third kappa shape index (κ3) is 4.94. The van der Waals surface area contributed by atoms with Gasteiger partial charge < -0.3 is 10.2 Å². The van der Waals surface area contributed by atoms with Crippen molar-refractivity contribution in [3.05, 3.63) is 0 Å². The largest absolute Gasteiger partial charge is 0.481 e. The van der Waals surface area contributed by atoms with Crippen molar-refractivity contribution in [2.45, 2.75) is 12.8 Å². The number of aliphatic carboxylic acids is 2. The molecule has 0 spiro atoms. The molecular formula is C4H6O4. The summed E-state index contributed by atoms with van der Waals surface area (Å²) in [6.45, 7) is 0. The minimum absolute atomic E-state index is 0.296. The first-order chi connectivity index (χ1) is 3.63. The second kappa shape index (κ2) is 3.01. The molecule has 0 bridgehead atoms. The fourth-order valence-corrected chi connectivity index (χ4v) is 0.214. The Morgan fingerprint density at radius 2 is 1.25 bits per heavy atom. The van der Waals surface area contributed by atoms with Crippen molar-refractivity contribution >= 4 is 11.9 Å². The van der Waals surface area contributed by atoms with E-state index in [0.29, 0.717) is 0 Å². The molecule has 0 fully saturated rings. The van der Waals surface area contributed by atoms with Crippen LogP contribution in [-0.2, 0) is 9.59 Å². The smallest absolute Gasteiger partial charge is 0.303 e. The summed E-state index contributed by atoms with van der Waals surface area (Å²) in [4.78, 5) is 19.3. The van der Waals surface area contributed by atoms with Crippen molar-refractivity contribution in [2.24, 2.45) is 0 Å². The van der Waals surface area contributed by atoms with Crippen molar-refractivity contribution in [3.63, 3.8) is 0 Å². The van der Waals surface area contributed by atoms with Gasteiger partial charge in [-0.15, -0.1) is 0 Å². The number of hydrogen-bond donors (Lipinski definition) is 2. The van der Waals surface area contributed by atoms with E-state index in [0.717, 1.165) is 0 Å². The van der Waals surface area contributed by atoms with Gasteiger partial charge in [0.2, 0.25) is 0 Å². The molecule has 0 amide bonds. The van der Waals surface area contributed by atoms with Gasteiger partial charge in [-0.05, 0) is 0 Å². The van der Waals surface area contributed by atoms with E-state index in [1.807, 2.05) is 0 Å². The molecule has 4 nitrogen and oxygen atoms in total. The molecule has 0 aliphatic heterocycles. The van der Waals surface area contributed by atoms with Gasteiger partial charge in [0, 0.05) is 0 Å². The van der Waals surface area contributed by atoms with Gasteiger partial charge in [-0.2, -0.15) is 0 Å². The number of carboxylic acids is 2. The molecule has 46 valence electrons. The Hall–Kier alpha value is -1.06. The molecule has 0 saturated carbocycles. The Kier molecular flexibility index (Phi) is 2.61. The molecule has 8 heavy (non-hydrogen) atoms. The van der Waals surface area contributed by atoms with Gasteiger partial charge >= 0.3 is 11.9 Å². The summed E-state index contributed by atoms with van der Waals surface area (Å²) in [7, 11) is 0. The number of hydrogen-bond acceptors (Lipinski definition) is 2. The van der Waals surface area contributed by atoms with Crippen LogP contribution >= 0.6 is 0 Å². The van der Waals surface area contributed by atoms with E-state index < -0.39 is 11.9 Å². The molecule has 0 radical (unpaired) electrons. The normalized spacial score (nSPS) is 8.50. The second-order valence-corrected chi connectivity index (χ2v) is 1.29. The van der Waals surface area contributed by atoms with Crippen LogP contribution in [-0.4, -0.2) is 22.2 Å². The van der Waals surface area contributed by atoms with E-state index in [1.54, 1.807) is 0 Å². The quantitative estimate of drug-likeness (QED) is 0.511. The summed E-state index contributed by atoms with van der Waals surface area (Å²) in [5, 5.41) is 15.8. The zero-order valence-electron chi connectivity index (χ0n) is 4.13. The van der Waals surface area contributed by atoms with E-state index in [-0.39, 0.29) is 12.8 Å². The Bertz CT molecular complexity index is 92.6. The molecular weight excluding hydrogens is 114 g/mol. The van der Waals surface area contributed by atoms with E-state index in [2.05, 4.69) is 0 Å². The molecule has 0 saturated heterocycles. The van der Waals surface area contributed by atoms with Crippen LogP contribution in [0.3, 0.4) is 0 Å². The van der Waals surface area contributed by atoms with Gasteiger partial charge in [-0.3, -0.25) is 9.59 Å². The van der Waals surface area contributed by atoms with Gasteiger partial charge in [0.15, 0.2) is 0 Å². The predicted molar refractivity (Wildman–Crippen MR) is 24.5 cm³/mol. The summed E-state index contributed by atoms with van der Waals surface area (Å²) < 4.78 is 0. The lowest BCUT2D eigenvalue weighted by Gasteiger charge is -1.85. The highest BCUT2D eigenvalue weighted by Crippen LogP contribution is 1.85. The highest BCUT2D eigenvalue weighted by molar-refractivity contribution is 5.75. The standard InChI is InChI=1S/C4H6O4/c5-3(6)1-2-4(7)8/h1-2H2,(H,5,6)(H,7,8)/i1+1,3+1. The van der Waals surface area contributed by atoms with Crippen LogP contribution in [0.25, 0.3) is 0 Å². The predicted octanol–water partition coefficient (Wildman–Crippen LogP) is -0.0642. The topological polar surface area (TPSA) is 74.6 Å². The Morgan fingerprint density at radius 3 is 1.38 bits per heavy atom. The molecule has 0 aromatic carbocycles. The van der Waals surface area contributed by atoms with E-state index in [4.69, 9.17) is 10.2 Å². The van der Waals surface area contributed by atoms with Gasteiger partial charge in [-0.25, -0.2) is 0 Å². The fraction of sp³-hybridized carbons (Fsp3) is 0.500. The molecule has 0 heterocycles. The van der Waals surface area contributed by atoms with Crippen molar-refractivity contribution in [3.8, 4) is 0 Å².